The maximum atomic E-state index is 13.9. The molecule has 0 aliphatic heterocycles. The first-order chi connectivity index (χ1) is 35.6. The molecule has 0 aliphatic rings. The fraction of sp³-hybridized carbons (Fsp3) is 0.250. The summed E-state index contributed by atoms with van der Waals surface area (Å²) >= 11 is 0. The Bertz CT molecular complexity index is 3270. The van der Waals surface area contributed by atoms with Crippen molar-refractivity contribution in [1.29, 1.82) is 0 Å². The second-order valence-electron chi connectivity index (χ2n) is 18.3. The molecule has 0 spiro atoms. The number of carbonyl (C=O) groups is 2. The Kier molecular flexibility index (Phi) is 17.1. The highest BCUT2D eigenvalue weighted by Crippen LogP contribution is 2.42. The molecule has 0 unspecified atom stereocenters. The lowest BCUT2D eigenvalue weighted by Crippen LogP contribution is -2.32. The zero-order valence-electron chi connectivity index (χ0n) is 41.5. The number of aryl methyl sites for hydroxylation is 1. The minimum atomic E-state index is -4.58. The molecule has 0 bridgehead atoms. The number of carboxylic acid groups (broad SMARTS) is 1. The Balaban J connectivity index is 0.000000222. The Morgan fingerprint density at radius 2 is 1.16 bits per heavy atom. The summed E-state index contributed by atoms with van der Waals surface area (Å²) < 4.78 is 109. The van der Waals surface area contributed by atoms with Crippen LogP contribution < -0.4 is 0 Å². The number of rotatable bonds is 16. The second kappa shape index (κ2) is 23.5. The molecule has 2 heterocycles. The van der Waals surface area contributed by atoms with Gasteiger partial charge >= 0.3 is 24.3 Å². The standard InChI is InChI=1S/C31H32F3N3O4.C25H19F3N2O4/c1-30(2,3)40-27(38)18-37(4)17-20-9-8-10-21(15-20)28-35-29(41-36-28)22-13-14-24(23(16-22)19-39-5)25-11-6-7-12-26(25)31(32,33)34;1-15-5-2-3-8-19(15)20-10-9-18(12-21(20)25(26,27)28)24-29-23(30-34-24)17-7-4-6-16(11-17)13-33-14-22(31)32/h6-16H,17-19H2,1-5H3;2-12H,13-14H2,1H3,(H,31,32). The molecule has 19 heteroatoms. The predicted molar refractivity (Wildman–Crippen MR) is 266 cm³/mol. The van der Waals surface area contributed by atoms with Crippen LogP contribution in [0.1, 0.15) is 54.2 Å². The number of hydrogen-bond donors (Lipinski definition) is 1. The van der Waals surface area contributed by atoms with Crippen LogP contribution >= 0.6 is 0 Å². The van der Waals surface area contributed by atoms with Crippen molar-refractivity contribution in [1.82, 2.24) is 25.2 Å². The van der Waals surface area contributed by atoms with Gasteiger partial charge in [-0.3, -0.25) is 9.69 Å². The summed E-state index contributed by atoms with van der Waals surface area (Å²) in [4.78, 5) is 33.4. The third kappa shape index (κ3) is 14.6. The summed E-state index contributed by atoms with van der Waals surface area (Å²) in [6.07, 6.45) is -9.08. The minimum Gasteiger partial charge on any atom is -0.480 e. The quantitative estimate of drug-likeness (QED) is 0.0719. The molecule has 0 radical (unpaired) electrons. The third-order valence-electron chi connectivity index (χ3n) is 11.2. The molecule has 8 aromatic rings. The molecule has 390 valence electrons. The first kappa shape index (κ1) is 54.8. The average molecular weight is 1040 g/mol. The van der Waals surface area contributed by atoms with Crippen LogP contribution in [0.15, 0.2) is 143 Å². The minimum absolute atomic E-state index is 0.0515. The molecule has 1 N–H and O–H groups in total. The van der Waals surface area contributed by atoms with Gasteiger partial charge in [0.25, 0.3) is 11.8 Å². The molecule has 0 atom stereocenters. The Hall–Kier alpha value is -8.00. The van der Waals surface area contributed by atoms with Gasteiger partial charge in [-0.05, 0) is 122 Å². The van der Waals surface area contributed by atoms with Crippen LogP contribution in [-0.2, 0) is 55.9 Å². The summed E-state index contributed by atoms with van der Waals surface area (Å²) in [6, 6.07) is 35.6. The van der Waals surface area contributed by atoms with E-state index in [2.05, 4.69) is 20.3 Å². The normalized spacial score (nSPS) is 11.9. The number of aromatic nitrogens is 4. The second-order valence-corrected chi connectivity index (χ2v) is 18.3. The number of hydrogen-bond acceptors (Lipinski definition) is 12. The number of halogens is 6. The molecule has 0 aliphatic carbocycles. The van der Waals surface area contributed by atoms with Gasteiger partial charge in [0, 0.05) is 35.9 Å². The third-order valence-corrected chi connectivity index (χ3v) is 11.2. The van der Waals surface area contributed by atoms with Crippen molar-refractivity contribution < 1.29 is 64.3 Å². The van der Waals surface area contributed by atoms with E-state index in [1.165, 1.54) is 31.4 Å². The van der Waals surface area contributed by atoms with E-state index in [9.17, 15) is 35.9 Å². The molecular formula is C56H51F6N5O8. The maximum Gasteiger partial charge on any atom is 0.417 e. The number of alkyl halides is 6. The molecule has 0 saturated carbocycles. The molecular weight excluding hydrogens is 985 g/mol. The molecule has 13 nitrogen and oxygen atoms in total. The van der Waals surface area contributed by atoms with E-state index < -0.39 is 41.7 Å². The van der Waals surface area contributed by atoms with Crippen molar-refractivity contribution in [3.05, 3.63) is 167 Å². The van der Waals surface area contributed by atoms with Gasteiger partial charge in [0.05, 0.1) is 30.9 Å². The van der Waals surface area contributed by atoms with E-state index in [0.29, 0.717) is 45.7 Å². The lowest BCUT2D eigenvalue weighted by molar-refractivity contribution is -0.156. The van der Waals surface area contributed by atoms with Crippen LogP contribution in [0, 0.1) is 6.92 Å². The number of benzene rings is 6. The van der Waals surface area contributed by atoms with Gasteiger partial charge in [0.15, 0.2) is 0 Å². The number of carboxylic acids is 1. The topological polar surface area (TPSA) is 163 Å². The van der Waals surface area contributed by atoms with Crippen LogP contribution in [0.5, 0.6) is 0 Å². The van der Waals surface area contributed by atoms with Crippen LogP contribution in [0.25, 0.3) is 67.9 Å². The van der Waals surface area contributed by atoms with E-state index in [1.807, 2.05) is 57.0 Å². The molecule has 6 aromatic carbocycles. The van der Waals surface area contributed by atoms with Crippen LogP contribution in [-0.4, -0.2) is 75.1 Å². The van der Waals surface area contributed by atoms with Crippen LogP contribution in [0.2, 0.25) is 0 Å². The van der Waals surface area contributed by atoms with Crippen molar-refractivity contribution in [2.24, 2.45) is 0 Å². The zero-order valence-corrected chi connectivity index (χ0v) is 41.5. The fourth-order valence-electron chi connectivity index (χ4n) is 7.99. The number of esters is 1. The fourth-order valence-corrected chi connectivity index (χ4v) is 7.99. The number of likely N-dealkylation sites (N-methyl/N-ethyl adjacent to an activating group) is 1. The van der Waals surface area contributed by atoms with E-state index in [-0.39, 0.29) is 60.0 Å². The van der Waals surface area contributed by atoms with E-state index in [0.717, 1.165) is 28.8 Å². The van der Waals surface area contributed by atoms with Gasteiger partial charge in [-0.2, -0.15) is 36.3 Å². The first-order valence-electron chi connectivity index (χ1n) is 23.2. The lowest BCUT2D eigenvalue weighted by atomic mass is 9.94. The molecule has 0 amide bonds. The maximum absolute atomic E-state index is 13.9. The number of nitrogens with zero attached hydrogens (tertiary/aromatic N) is 5. The van der Waals surface area contributed by atoms with Crippen LogP contribution in [0.4, 0.5) is 26.3 Å². The predicted octanol–water partition coefficient (Wildman–Crippen LogP) is 13.0. The molecule has 75 heavy (non-hydrogen) atoms. The van der Waals surface area contributed by atoms with E-state index in [4.69, 9.17) is 28.4 Å². The van der Waals surface area contributed by atoms with Crippen molar-refractivity contribution in [2.45, 2.75) is 65.4 Å². The van der Waals surface area contributed by atoms with E-state index in [1.54, 1.807) is 79.7 Å². The summed E-state index contributed by atoms with van der Waals surface area (Å²) in [5.74, 6) is -0.668. The highest BCUT2D eigenvalue weighted by atomic mass is 19.4. The summed E-state index contributed by atoms with van der Waals surface area (Å²) in [7, 11) is 3.31. The van der Waals surface area contributed by atoms with Gasteiger partial charge in [-0.1, -0.05) is 101 Å². The summed E-state index contributed by atoms with van der Waals surface area (Å²) in [5, 5.41) is 16.7. The summed E-state index contributed by atoms with van der Waals surface area (Å²) in [6.45, 7) is 7.61. The number of ether oxygens (including phenoxy) is 3. The highest BCUT2D eigenvalue weighted by Gasteiger charge is 2.36. The highest BCUT2D eigenvalue weighted by molar-refractivity contribution is 5.76. The number of aliphatic carboxylic acids is 1. The smallest absolute Gasteiger partial charge is 0.417 e. The van der Waals surface area contributed by atoms with Gasteiger partial charge < -0.3 is 28.4 Å². The Morgan fingerprint density at radius 1 is 0.613 bits per heavy atom. The van der Waals surface area contributed by atoms with Crippen LogP contribution in [0.3, 0.4) is 0 Å². The van der Waals surface area contributed by atoms with Gasteiger partial charge in [0.1, 0.15) is 12.2 Å². The number of carbonyl (C=O) groups excluding carboxylic acids is 1. The van der Waals surface area contributed by atoms with Crippen molar-refractivity contribution >= 4 is 11.9 Å². The molecule has 0 saturated heterocycles. The SMILES string of the molecule is COCc1cc(-c2nc(-c3cccc(CN(C)CC(=O)OC(C)(C)C)c3)no2)ccc1-c1ccccc1C(F)(F)F.Cc1ccccc1-c1ccc(-c2nc(-c3cccc(COCC(=O)O)c3)no2)cc1C(F)(F)F. The Morgan fingerprint density at radius 3 is 1.75 bits per heavy atom. The monoisotopic (exact) mass is 1040 g/mol. The zero-order chi connectivity index (χ0) is 54.1. The lowest BCUT2D eigenvalue weighted by Gasteiger charge is -2.22. The first-order valence-corrected chi connectivity index (χ1v) is 23.2. The van der Waals surface area contributed by atoms with Crippen molar-refractivity contribution in [3.63, 3.8) is 0 Å². The molecule has 2 aromatic heterocycles. The molecule has 8 rings (SSSR count). The van der Waals surface area contributed by atoms with Gasteiger partial charge in [0.2, 0.25) is 11.6 Å². The van der Waals surface area contributed by atoms with Gasteiger partial charge in [-0.25, -0.2) is 4.79 Å². The number of methoxy groups -OCH3 is 1. The van der Waals surface area contributed by atoms with E-state index >= 15 is 0 Å². The summed E-state index contributed by atoms with van der Waals surface area (Å²) in [5.41, 5.74) is 3.86. The molecule has 0 fully saturated rings. The Labute approximate surface area is 427 Å². The largest absolute Gasteiger partial charge is 0.480 e. The average Bonchev–Trinajstić information content (AvgIpc) is 4.06. The van der Waals surface area contributed by atoms with Gasteiger partial charge in [-0.15, -0.1) is 0 Å². The van der Waals surface area contributed by atoms with Crippen molar-refractivity contribution in [3.8, 4) is 67.9 Å². The van der Waals surface area contributed by atoms with Crippen molar-refractivity contribution in [2.75, 3.05) is 27.3 Å².